The minimum atomic E-state index is -0.787. The molecule has 2 atom stereocenters. The van der Waals surface area contributed by atoms with E-state index in [-0.39, 0.29) is 19.8 Å². The fourth-order valence-electron chi connectivity index (χ4n) is 4.34. The van der Waals surface area contributed by atoms with E-state index in [1.807, 2.05) is 24.1 Å². The quantitative estimate of drug-likeness (QED) is 0.501. The van der Waals surface area contributed by atoms with E-state index in [0.717, 1.165) is 0 Å². The maximum Gasteiger partial charge on any atom is 0.338 e. The van der Waals surface area contributed by atoms with Crippen molar-refractivity contribution in [1.29, 1.82) is 0 Å². The monoisotopic (exact) mass is 566 g/mol. The van der Waals surface area contributed by atoms with Crippen LogP contribution in [0.25, 0.3) is 0 Å². The van der Waals surface area contributed by atoms with Gasteiger partial charge < -0.3 is 19.5 Å². The Balaban J connectivity index is 1.85. The molecule has 9 nitrogen and oxygen atoms in total. The molecule has 37 heavy (non-hydrogen) atoms. The fraction of sp³-hybridized carbons (Fsp3) is 0.440. The van der Waals surface area contributed by atoms with Crippen molar-refractivity contribution in [3.05, 3.63) is 61.7 Å². The van der Waals surface area contributed by atoms with Crippen LogP contribution in [0.4, 0.5) is 0 Å². The Bertz CT molecular complexity index is 1230. The van der Waals surface area contributed by atoms with Gasteiger partial charge in [0.1, 0.15) is 12.1 Å². The van der Waals surface area contributed by atoms with Crippen LogP contribution in [0.5, 0.6) is 0 Å². The van der Waals surface area contributed by atoms with E-state index in [9.17, 15) is 9.59 Å². The highest BCUT2D eigenvalue weighted by Gasteiger charge is 2.41. The first kappa shape index (κ1) is 27.5. The number of hydrogen-bond donors (Lipinski definition) is 1. The highest BCUT2D eigenvalue weighted by Crippen LogP contribution is 2.38. The number of morpholine rings is 1. The summed E-state index contributed by atoms with van der Waals surface area (Å²) in [6.07, 6.45) is 1.68. The van der Waals surface area contributed by atoms with Gasteiger partial charge >= 0.3 is 11.9 Å². The first-order chi connectivity index (χ1) is 17.6. The third-order valence-corrected chi connectivity index (χ3v) is 7.35. The molecule has 0 spiro atoms. The zero-order valence-electron chi connectivity index (χ0n) is 20.9. The van der Waals surface area contributed by atoms with Crippen LogP contribution >= 0.6 is 34.5 Å². The molecule has 0 aliphatic carbocycles. The summed E-state index contributed by atoms with van der Waals surface area (Å²) in [5.41, 5.74) is 0.893. The Kier molecular flexibility index (Phi) is 8.55. The largest absolute Gasteiger partial charge is 0.468 e. The lowest BCUT2D eigenvalue weighted by Gasteiger charge is -2.43. The van der Waals surface area contributed by atoms with Crippen LogP contribution in [0.3, 0.4) is 0 Å². The van der Waals surface area contributed by atoms with Gasteiger partial charge in [-0.25, -0.2) is 9.78 Å². The second-order valence-electron chi connectivity index (χ2n) is 9.14. The van der Waals surface area contributed by atoms with Gasteiger partial charge in [0, 0.05) is 46.0 Å². The number of rotatable bonds is 7. The summed E-state index contributed by atoms with van der Waals surface area (Å²) in [6.45, 7) is 6.58. The molecule has 12 heteroatoms. The van der Waals surface area contributed by atoms with Crippen molar-refractivity contribution < 1.29 is 23.8 Å². The standard InChI is InChI=1S/C25H28Cl2N4O5S/c1-5-35-24(33)19-17(11-31-13-25(2,3)36-12-18(31)23(32)34-4)29-21(22-28-8-9-37-22)30-20(19)15-7-6-14(26)10-16(15)27/h6-10,18,20H,5,11-13H2,1-4H3,(H,29,30)/t18-,20?/m0/s1. The minimum absolute atomic E-state index is 0.154. The van der Waals surface area contributed by atoms with Crippen molar-refractivity contribution in [3.8, 4) is 0 Å². The number of aliphatic imine (C=N–C) groups is 1. The molecule has 2 aliphatic rings. The van der Waals surface area contributed by atoms with Gasteiger partial charge in [0.2, 0.25) is 0 Å². The smallest absolute Gasteiger partial charge is 0.338 e. The molecule has 2 aromatic rings. The van der Waals surface area contributed by atoms with E-state index in [1.165, 1.54) is 18.4 Å². The SMILES string of the molecule is CCOC(=O)C1=C(CN2CC(C)(C)OC[C@H]2C(=O)OC)NC(c2nccs2)=NC1c1ccc(Cl)cc1Cl. The number of aromatic nitrogens is 1. The normalized spacial score (nSPS) is 21.7. The molecule has 2 aliphatic heterocycles. The predicted octanol–water partition coefficient (Wildman–Crippen LogP) is 4.01. The van der Waals surface area contributed by atoms with Gasteiger partial charge in [-0.3, -0.25) is 14.7 Å². The predicted molar refractivity (Wildman–Crippen MR) is 142 cm³/mol. The zero-order valence-corrected chi connectivity index (χ0v) is 23.2. The molecule has 198 valence electrons. The molecule has 0 radical (unpaired) electrons. The molecule has 4 rings (SSSR count). The minimum Gasteiger partial charge on any atom is -0.468 e. The third-order valence-electron chi connectivity index (χ3n) is 6.00. The molecule has 0 saturated carbocycles. The van der Waals surface area contributed by atoms with E-state index in [4.69, 9.17) is 42.4 Å². The van der Waals surface area contributed by atoms with Crippen molar-refractivity contribution in [2.45, 2.75) is 38.5 Å². The van der Waals surface area contributed by atoms with Gasteiger partial charge in [-0.15, -0.1) is 11.3 Å². The Morgan fingerprint density at radius 1 is 1.32 bits per heavy atom. The van der Waals surface area contributed by atoms with Crippen LogP contribution in [0.15, 0.2) is 46.0 Å². The first-order valence-corrected chi connectivity index (χ1v) is 13.3. The van der Waals surface area contributed by atoms with Gasteiger partial charge in [-0.1, -0.05) is 29.3 Å². The summed E-state index contributed by atoms with van der Waals surface area (Å²) in [6, 6.07) is 3.61. The molecule has 1 aromatic carbocycles. The molecule has 1 unspecified atom stereocenters. The zero-order chi connectivity index (χ0) is 26.7. The van der Waals surface area contributed by atoms with Crippen molar-refractivity contribution in [1.82, 2.24) is 15.2 Å². The number of thiazole rings is 1. The van der Waals surface area contributed by atoms with Crippen molar-refractivity contribution in [2.24, 2.45) is 4.99 Å². The molecule has 0 bridgehead atoms. The molecular weight excluding hydrogens is 539 g/mol. The van der Waals surface area contributed by atoms with Crippen molar-refractivity contribution >= 4 is 52.3 Å². The Morgan fingerprint density at radius 2 is 2.11 bits per heavy atom. The Labute approximate surface area is 229 Å². The number of nitrogens with zero attached hydrogens (tertiary/aromatic N) is 3. The number of methoxy groups -OCH3 is 1. The van der Waals surface area contributed by atoms with Crippen LogP contribution < -0.4 is 5.32 Å². The highest BCUT2D eigenvalue weighted by atomic mass is 35.5. The first-order valence-electron chi connectivity index (χ1n) is 11.7. The summed E-state index contributed by atoms with van der Waals surface area (Å²) in [5.74, 6) is -0.475. The number of ether oxygens (including phenoxy) is 3. The summed E-state index contributed by atoms with van der Waals surface area (Å²) in [4.78, 5) is 37.2. The van der Waals surface area contributed by atoms with Crippen LogP contribution in [0, 0.1) is 0 Å². The molecule has 1 fully saturated rings. The summed E-state index contributed by atoms with van der Waals surface area (Å²) < 4.78 is 16.4. The fourth-order valence-corrected chi connectivity index (χ4v) is 5.44. The molecule has 0 amide bonds. The number of carbonyl (C=O) groups excluding carboxylic acids is 2. The van der Waals surface area contributed by atoms with E-state index in [1.54, 1.807) is 31.3 Å². The maximum absolute atomic E-state index is 13.4. The topological polar surface area (TPSA) is 102 Å². The highest BCUT2D eigenvalue weighted by molar-refractivity contribution is 7.11. The van der Waals surface area contributed by atoms with E-state index in [2.05, 4.69) is 10.3 Å². The number of benzene rings is 1. The number of nitrogens with one attached hydrogen (secondary N) is 1. The Hall–Kier alpha value is -2.50. The second-order valence-corrected chi connectivity index (χ2v) is 10.9. The number of amidine groups is 1. The average molecular weight is 567 g/mol. The summed E-state index contributed by atoms with van der Waals surface area (Å²) in [5, 5.41) is 6.61. The lowest BCUT2D eigenvalue weighted by atomic mass is 9.94. The molecule has 1 saturated heterocycles. The third kappa shape index (κ3) is 6.15. The molecule has 1 N–H and O–H groups in total. The summed E-state index contributed by atoms with van der Waals surface area (Å²) >= 11 is 14.1. The van der Waals surface area contributed by atoms with Gasteiger partial charge in [0.15, 0.2) is 10.8 Å². The van der Waals surface area contributed by atoms with Gasteiger partial charge in [0.05, 0.1) is 31.5 Å². The van der Waals surface area contributed by atoms with Crippen molar-refractivity contribution in [3.63, 3.8) is 0 Å². The van der Waals surface area contributed by atoms with Crippen LogP contribution in [0.1, 0.15) is 37.4 Å². The van der Waals surface area contributed by atoms with Gasteiger partial charge in [-0.05, 0) is 32.9 Å². The van der Waals surface area contributed by atoms with E-state index in [0.29, 0.717) is 44.3 Å². The van der Waals surface area contributed by atoms with Crippen LogP contribution in [-0.2, 0) is 23.8 Å². The van der Waals surface area contributed by atoms with Crippen LogP contribution in [0.2, 0.25) is 10.0 Å². The average Bonchev–Trinajstić information content (AvgIpc) is 3.38. The van der Waals surface area contributed by atoms with Crippen molar-refractivity contribution in [2.75, 3.05) is 33.4 Å². The van der Waals surface area contributed by atoms with Gasteiger partial charge in [-0.2, -0.15) is 0 Å². The lowest BCUT2D eigenvalue weighted by Crippen LogP contribution is -2.58. The van der Waals surface area contributed by atoms with Gasteiger partial charge in [0.25, 0.3) is 0 Å². The molecular formula is C25H28Cl2N4O5S. The lowest BCUT2D eigenvalue weighted by molar-refractivity contribution is -0.164. The van der Waals surface area contributed by atoms with E-state index >= 15 is 0 Å². The number of carbonyl (C=O) groups is 2. The molecule has 3 heterocycles. The summed E-state index contributed by atoms with van der Waals surface area (Å²) in [7, 11) is 1.34. The van der Waals surface area contributed by atoms with E-state index < -0.39 is 29.6 Å². The number of halogens is 2. The van der Waals surface area contributed by atoms with Crippen LogP contribution in [-0.4, -0.2) is 72.7 Å². The second kappa shape index (κ2) is 11.5. The number of hydrogen-bond acceptors (Lipinski definition) is 10. The number of esters is 2. The maximum atomic E-state index is 13.4. The molecule has 1 aromatic heterocycles. The Morgan fingerprint density at radius 3 is 2.76 bits per heavy atom.